The molecule has 0 amide bonds. The smallest absolute Gasteiger partial charge is 0.0676 e. The normalized spacial score (nSPS) is 17.3. The van der Waals surface area contributed by atoms with Gasteiger partial charge < -0.3 is 5.73 Å². The van der Waals surface area contributed by atoms with Gasteiger partial charge in [0.25, 0.3) is 0 Å². The minimum atomic E-state index is 0.121. The molecule has 2 aromatic rings. The van der Waals surface area contributed by atoms with Crippen molar-refractivity contribution in [2.24, 2.45) is 5.73 Å². The number of nitrogens with zero attached hydrogens (tertiary/aromatic N) is 3. The molecule has 1 heterocycles. The van der Waals surface area contributed by atoms with Gasteiger partial charge in [0.2, 0.25) is 0 Å². The fourth-order valence-electron chi connectivity index (χ4n) is 3.14. The fourth-order valence-corrected chi connectivity index (χ4v) is 3.14. The van der Waals surface area contributed by atoms with Gasteiger partial charge in [0.15, 0.2) is 0 Å². The third-order valence-corrected chi connectivity index (χ3v) is 4.20. The zero-order valence-corrected chi connectivity index (χ0v) is 12.3. The number of aromatic nitrogens is 2. The van der Waals surface area contributed by atoms with E-state index in [2.05, 4.69) is 13.0 Å². The zero-order valence-electron chi connectivity index (χ0n) is 12.3. The Morgan fingerprint density at radius 3 is 2.81 bits per heavy atom. The van der Waals surface area contributed by atoms with E-state index in [1.165, 1.54) is 11.3 Å². The van der Waals surface area contributed by atoms with Gasteiger partial charge in [0.05, 0.1) is 23.9 Å². The number of hydrogen-bond donors (Lipinski definition) is 1. The quantitative estimate of drug-likeness (QED) is 0.940. The third kappa shape index (κ3) is 2.45. The van der Waals surface area contributed by atoms with Crippen LogP contribution in [0, 0.1) is 11.3 Å². The topological polar surface area (TPSA) is 67.6 Å². The number of benzene rings is 1. The van der Waals surface area contributed by atoms with Gasteiger partial charge in [-0.05, 0) is 43.4 Å². The molecule has 1 aromatic carbocycles. The Bertz CT molecular complexity index is 676. The summed E-state index contributed by atoms with van der Waals surface area (Å²) in [6.45, 7) is 2.13. The lowest BCUT2D eigenvalue weighted by atomic mass is 9.91. The first-order chi connectivity index (χ1) is 10.2. The van der Waals surface area contributed by atoms with Crippen LogP contribution in [0.25, 0.3) is 5.69 Å². The molecule has 0 spiro atoms. The first-order valence-electron chi connectivity index (χ1n) is 7.57. The summed E-state index contributed by atoms with van der Waals surface area (Å²) >= 11 is 0. The molecular weight excluding hydrogens is 260 g/mol. The van der Waals surface area contributed by atoms with Gasteiger partial charge in [-0.15, -0.1) is 0 Å². The maximum atomic E-state index is 8.75. The largest absolute Gasteiger partial charge is 0.324 e. The van der Waals surface area contributed by atoms with Crippen molar-refractivity contribution in [1.29, 1.82) is 5.26 Å². The molecule has 108 valence electrons. The predicted octanol–water partition coefficient (Wildman–Crippen LogP) is 2.84. The summed E-state index contributed by atoms with van der Waals surface area (Å²) in [7, 11) is 0. The highest BCUT2D eigenvalue weighted by Gasteiger charge is 2.25. The first kappa shape index (κ1) is 13.8. The van der Waals surface area contributed by atoms with Crippen molar-refractivity contribution in [2.45, 2.75) is 45.1 Å². The second-order valence-corrected chi connectivity index (χ2v) is 5.57. The van der Waals surface area contributed by atoms with Crippen LogP contribution in [0.2, 0.25) is 0 Å². The summed E-state index contributed by atoms with van der Waals surface area (Å²) < 4.78 is 2.04. The molecule has 3 rings (SSSR count). The molecule has 1 aliphatic carbocycles. The molecule has 4 heteroatoms. The molecule has 4 nitrogen and oxygen atoms in total. The Balaban J connectivity index is 2.04. The lowest BCUT2D eigenvalue weighted by Gasteiger charge is -2.20. The van der Waals surface area contributed by atoms with E-state index < -0.39 is 0 Å². The van der Waals surface area contributed by atoms with Crippen LogP contribution in [-0.2, 0) is 19.3 Å². The molecule has 1 unspecified atom stereocenters. The standard InChI is InChI=1S/C17H20N4/c1-2-15-17-14(19)4-3-5-16(17)21(20-15)13-8-6-12(7-9-13)10-11-18/h6-9,14H,2-5,10,19H2,1H3. The molecule has 0 saturated carbocycles. The molecule has 21 heavy (non-hydrogen) atoms. The zero-order chi connectivity index (χ0) is 14.8. The molecule has 1 atom stereocenters. The van der Waals surface area contributed by atoms with E-state index in [0.717, 1.165) is 42.6 Å². The Morgan fingerprint density at radius 2 is 2.14 bits per heavy atom. The van der Waals surface area contributed by atoms with Crippen molar-refractivity contribution in [3.63, 3.8) is 0 Å². The third-order valence-electron chi connectivity index (χ3n) is 4.20. The molecule has 2 N–H and O–H groups in total. The summed E-state index contributed by atoms with van der Waals surface area (Å²) in [4.78, 5) is 0. The van der Waals surface area contributed by atoms with E-state index in [1.54, 1.807) is 0 Å². The van der Waals surface area contributed by atoms with E-state index in [1.807, 2.05) is 28.9 Å². The van der Waals surface area contributed by atoms with Crippen LogP contribution in [-0.4, -0.2) is 9.78 Å². The highest BCUT2D eigenvalue weighted by Crippen LogP contribution is 2.32. The fraction of sp³-hybridized carbons (Fsp3) is 0.412. The van der Waals surface area contributed by atoms with Crippen LogP contribution in [0.5, 0.6) is 0 Å². The summed E-state index contributed by atoms with van der Waals surface area (Å²) in [6.07, 6.45) is 4.57. The van der Waals surface area contributed by atoms with Crippen molar-refractivity contribution in [1.82, 2.24) is 9.78 Å². The molecule has 1 aliphatic rings. The molecule has 0 fully saturated rings. The summed E-state index contributed by atoms with van der Waals surface area (Å²) in [6, 6.07) is 10.4. The molecule has 0 radical (unpaired) electrons. The Morgan fingerprint density at radius 1 is 1.38 bits per heavy atom. The van der Waals surface area contributed by atoms with E-state index >= 15 is 0 Å². The SMILES string of the molecule is CCc1nn(-c2ccc(CC#N)cc2)c2c1C(N)CCC2. The van der Waals surface area contributed by atoms with Crippen LogP contribution >= 0.6 is 0 Å². The molecule has 0 saturated heterocycles. The molecule has 1 aromatic heterocycles. The van der Waals surface area contributed by atoms with Gasteiger partial charge in [-0.1, -0.05) is 19.1 Å². The Kier molecular flexibility index (Phi) is 3.76. The minimum absolute atomic E-state index is 0.121. The van der Waals surface area contributed by atoms with E-state index in [4.69, 9.17) is 16.1 Å². The Hall–Kier alpha value is -2.12. The van der Waals surface area contributed by atoms with Crippen molar-refractivity contribution in [3.05, 3.63) is 46.8 Å². The monoisotopic (exact) mass is 280 g/mol. The van der Waals surface area contributed by atoms with E-state index in [-0.39, 0.29) is 6.04 Å². The van der Waals surface area contributed by atoms with Crippen LogP contribution < -0.4 is 5.73 Å². The van der Waals surface area contributed by atoms with Crippen LogP contribution in [0.3, 0.4) is 0 Å². The minimum Gasteiger partial charge on any atom is -0.324 e. The molecule has 0 aliphatic heterocycles. The second kappa shape index (κ2) is 5.71. The highest BCUT2D eigenvalue weighted by atomic mass is 15.3. The predicted molar refractivity (Wildman–Crippen MR) is 82.1 cm³/mol. The average molecular weight is 280 g/mol. The summed E-state index contributed by atoms with van der Waals surface area (Å²) in [5, 5.41) is 13.5. The van der Waals surface area contributed by atoms with Gasteiger partial charge in [0, 0.05) is 17.3 Å². The van der Waals surface area contributed by atoms with Crippen LogP contribution in [0.4, 0.5) is 0 Å². The van der Waals surface area contributed by atoms with E-state index in [0.29, 0.717) is 6.42 Å². The number of fused-ring (bicyclic) bond motifs is 1. The highest BCUT2D eigenvalue weighted by molar-refractivity contribution is 5.41. The average Bonchev–Trinajstić information content (AvgIpc) is 2.89. The first-order valence-corrected chi connectivity index (χ1v) is 7.57. The van der Waals surface area contributed by atoms with Gasteiger partial charge in [-0.2, -0.15) is 10.4 Å². The lowest BCUT2D eigenvalue weighted by Crippen LogP contribution is -2.19. The van der Waals surface area contributed by atoms with Crippen molar-refractivity contribution >= 4 is 0 Å². The van der Waals surface area contributed by atoms with Gasteiger partial charge >= 0.3 is 0 Å². The van der Waals surface area contributed by atoms with Crippen LogP contribution in [0.15, 0.2) is 24.3 Å². The lowest BCUT2D eigenvalue weighted by molar-refractivity contribution is 0.556. The summed E-state index contributed by atoms with van der Waals surface area (Å²) in [5.41, 5.74) is 12.0. The second-order valence-electron chi connectivity index (χ2n) is 5.57. The maximum absolute atomic E-state index is 8.75. The number of rotatable bonds is 3. The summed E-state index contributed by atoms with van der Waals surface area (Å²) in [5.74, 6) is 0. The number of aryl methyl sites for hydroxylation is 1. The molecule has 0 bridgehead atoms. The number of hydrogen-bond acceptors (Lipinski definition) is 3. The maximum Gasteiger partial charge on any atom is 0.0676 e. The van der Waals surface area contributed by atoms with Crippen LogP contribution in [0.1, 0.15) is 48.3 Å². The number of nitrogens with two attached hydrogens (primary N) is 1. The molecular formula is C17H20N4. The van der Waals surface area contributed by atoms with Crippen molar-refractivity contribution < 1.29 is 0 Å². The van der Waals surface area contributed by atoms with Gasteiger partial charge in [0.1, 0.15) is 0 Å². The van der Waals surface area contributed by atoms with Gasteiger partial charge in [-0.25, -0.2) is 4.68 Å². The van der Waals surface area contributed by atoms with Crippen molar-refractivity contribution in [3.8, 4) is 11.8 Å². The van der Waals surface area contributed by atoms with Crippen molar-refractivity contribution in [2.75, 3.05) is 0 Å². The number of nitriles is 1. The Labute approximate surface area is 125 Å². The van der Waals surface area contributed by atoms with E-state index in [9.17, 15) is 0 Å². The van der Waals surface area contributed by atoms with Gasteiger partial charge in [-0.3, -0.25) is 0 Å².